The highest BCUT2D eigenvalue weighted by Crippen LogP contribution is 2.46. The van der Waals surface area contributed by atoms with Gasteiger partial charge in [0.25, 0.3) is 0 Å². The molecule has 0 unspecified atom stereocenters. The van der Waals surface area contributed by atoms with Gasteiger partial charge in [-0.1, -0.05) is 18.2 Å². The summed E-state index contributed by atoms with van der Waals surface area (Å²) in [5.74, 6) is -1.46. The van der Waals surface area contributed by atoms with Gasteiger partial charge in [-0.3, -0.25) is 9.59 Å². The third kappa shape index (κ3) is 4.34. The maximum atomic E-state index is 13.7. The smallest absolute Gasteiger partial charge is 0.336 e. The zero-order valence-electron chi connectivity index (χ0n) is 20.5. The van der Waals surface area contributed by atoms with Crippen molar-refractivity contribution in [3.8, 4) is 0 Å². The van der Waals surface area contributed by atoms with Gasteiger partial charge in [-0.15, -0.1) is 11.3 Å². The predicted octanol–water partition coefficient (Wildman–Crippen LogP) is 4.94. The van der Waals surface area contributed by atoms with Crippen molar-refractivity contribution in [3.05, 3.63) is 91.2 Å². The molecule has 3 atom stereocenters. The molecule has 0 bridgehead atoms. The number of nitrogens with one attached hydrogen (secondary N) is 1. The first-order valence-electron chi connectivity index (χ1n) is 12.6. The number of hydrogen-bond acceptors (Lipinski definition) is 8. The van der Waals surface area contributed by atoms with Crippen LogP contribution in [0.5, 0.6) is 0 Å². The van der Waals surface area contributed by atoms with Crippen LogP contribution in [-0.4, -0.2) is 31.1 Å². The third-order valence-corrected chi connectivity index (χ3v) is 8.47. The lowest BCUT2D eigenvalue weighted by molar-refractivity contribution is -0.142. The molecule has 1 aliphatic carbocycles. The molecule has 3 aliphatic rings. The summed E-state index contributed by atoms with van der Waals surface area (Å²) in [5, 5.41) is 5.75. The summed E-state index contributed by atoms with van der Waals surface area (Å²) >= 11 is 1.63. The molecule has 0 amide bonds. The minimum atomic E-state index is -0.870. The molecule has 37 heavy (non-hydrogen) atoms. The van der Waals surface area contributed by atoms with E-state index in [0.717, 1.165) is 23.4 Å². The summed E-state index contributed by atoms with van der Waals surface area (Å²) in [7, 11) is 0. The molecule has 3 aromatic rings. The molecular formula is C29H27NO6S. The molecular weight excluding hydrogens is 490 g/mol. The molecule has 0 radical (unpaired) electrons. The van der Waals surface area contributed by atoms with E-state index in [-0.39, 0.29) is 41.0 Å². The standard InChI is InChI=1S/C29H27NO6S/c1-16-25(29(33)36-14-18-6-4-10-34-18)26(20-15-35-23-8-3-2-7-19(23)28(20)32)27-21(30-16)12-17(13-22(27)31)24-9-5-11-37-24/h2-3,5,7-9,11,15,17-18,26,30H,4,6,10,12-14H2,1H3/t17-,18-,26+/m1/s1. The van der Waals surface area contributed by atoms with Gasteiger partial charge < -0.3 is 19.2 Å². The largest absolute Gasteiger partial charge is 0.464 e. The first-order valence-corrected chi connectivity index (χ1v) is 13.5. The van der Waals surface area contributed by atoms with Gasteiger partial charge in [0.2, 0.25) is 0 Å². The maximum Gasteiger partial charge on any atom is 0.336 e. The van der Waals surface area contributed by atoms with Gasteiger partial charge in [0.15, 0.2) is 11.2 Å². The maximum absolute atomic E-state index is 13.7. The van der Waals surface area contributed by atoms with Crippen molar-refractivity contribution in [1.82, 2.24) is 5.32 Å². The van der Waals surface area contributed by atoms with E-state index in [1.165, 1.54) is 6.26 Å². The first-order chi connectivity index (χ1) is 18.0. The quantitative estimate of drug-likeness (QED) is 0.479. The number of Topliss-reactive ketones (excluding diaryl/α,β-unsaturated/α-hetero) is 1. The molecule has 6 rings (SSSR count). The van der Waals surface area contributed by atoms with Crippen LogP contribution in [0.15, 0.2) is 79.8 Å². The van der Waals surface area contributed by atoms with Crippen LogP contribution in [0.4, 0.5) is 0 Å². The minimum absolute atomic E-state index is 0.0493. The van der Waals surface area contributed by atoms with Crippen LogP contribution in [0.25, 0.3) is 11.0 Å². The summed E-state index contributed by atoms with van der Waals surface area (Å²) in [6.45, 7) is 2.58. The van der Waals surface area contributed by atoms with Gasteiger partial charge in [-0.25, -0.2) is 4.79 Å². The van der Waals surface area contributed by atoms with Crippen LogP contribution >= 0.6 is 11.3 Å². The Labute approximate surface area is 217 Å². The van der Waals surface area contributed by atoms with Crippen molar-refractivity contribution in [3.63, 3.8) is 0 Å². The highest BCUT2D eigenvalue weighted by Gasteiger charge is 2.43. The summed E-state index contributed by atoms with van der Waals surface area (Å²) in [4.78, 5) is 42.1. The predicted molar refractivity (Wildman–Crippen MR) is 139 cm³/mol. The van der Waals surface area contributed by atoms with Crippen molar-refractivity contribution < 1.29 is 23.5 Å². The van der Waals surface area contributed by atoms with Crippen LogP contribution in [0.1, 0.15) is 54.9 Å². The molecule has 1 N–H and O–H groups in total. The van der Waals surface area contributed by atoms with Gasteiger partial charge in [0, 0.05) is 46.4 Å². The van der Waals surface area contributed by atoms with E-state index in [0.29, 0.717) is 41.7 Å². The second kappa shape index (κ2) is 9.76. The van der Waals surface area contributed by atoms with E-state index in [9.17, 15) is 14.4 Å². The second-order valence-corrected chi connectivity index (χ2v) is 10.8. The Hall–Kier alpha value is -3.49. The summed E-state index contributed by atoms with van der Waals surface area (Å²) in [6.07, 6.45) is 3.95. The molecule has 8 heteroatoms. The number of dihydropyridines is 1. The number of ketones is 1. The fraction of sp³-hybridized carbons (Fsp3) is 0.345. The number of carbonyl (C=O) groups is 2. The number of fused-ring (bicyclic) bond motifs is 1. The SMILES string of the molecule is CC1=C(C(=O)OC[C@H]2CCCO2)[C@H](c2coc3ccccc3c2=O)C2=C(C[C@@H](c3cccs3)CC2=O)N1. The minimum Gasteiger partial charge on any atom is -0.464 e. The summed E-state index contributed by atoms with van der Waals surface area (Å²) in [6, 6.07) is 11.0. The molecule has 1 fully saturated rings. The highest BCUT2D eigenvalue weighted by atomic mass is 32.1. The fourth-order valence-corrected chi connectivity index (χ4v) is 6.49. The molecule has 7 nitrogen and oxygen atoms in total. The van der Waals surface area contributed by atoms with E-state index < -0.39 is 11.9 Å². The number of ether oxygens (including phenoxy) is 2. The Morgan fingerprint density at radius 3 is 2.81 bits per heavy atom. The van der Waals surface area contributed by atoms with Gasteiger partial charge in [-0.05, 0) is 49.8 Å². The lowest BCUT2D eigenvalue weighted by Gasteiger charge is -2.36. The van der Waals surface area contributed by atoms with Crippen molar-refractivity contribution in [1.29, 1.82) is 0 Å². The van der Waals surface area contributed by atoms with Gasteiger partial charge in [0.1, 0.15) is 12.2 Å². The average Bonchev–Trinajstić information content (AvgIpc) is 3.62. The van der Waals surface area contributed by atoms with Crippen LogP contribution in [0, 0.1) is 0 Å². The van der Waals surface area contributed by atoms with Crippen molar-refractivity contribution >= 4 is 34.1 Å². The second-order valence-electron chi connectivity index (χ2n) is 9.78. The number of thiophene rings is 1. The molecule has 1 saturated heterocycles. The van der Waals surface area contributed by atoms with Crippen LogP contribution in [0.3, 0.4) is 0 Å². The van der Waals surface area contributed by atoms with Crippen molar-refractivity contribution in [2.24, 2.45) is 0 Å². The molecule has 2 aromatic heterocycles. The molecule has 1 aromatic carbocycles. The number of allylic oxidation sites excluding steroid dienone is 3. The fourth-order valence-electron chi connectivity index (χ4n) is 5.66. The Morgan fingerprint density at radius 1 is 1.16 bits per heavy atom. The Bertz CT molecular complexity index is 1490. The van der Waals surface area contributed by atoms with Crippen molar-refractivity contribution in [2.45, 2.75) is 50.5 Å². The molecule has 0 saturated carbocycles. The Balaban J connectivity index is 1.44. The summed E-state index contributed by atoms with van der Waals surface area (Å²) in [5.41, 5.74) is 2.50. The number of rotatable bonds is 5. The number of carbonyl (C=O) groups excluding carboxylic acids is 2. The van der Waals surface area contributed by atoms with Crippen molar-refractivity contribution in [2.75, 3.05) is 13.2 Å². The number of para-hydroxylation sites is 1. The normalized spacial score (nSPS) is 23.8. The zero-order valence-corrected chi connectivity index (χ0v) is 21.3. The van der Waals surface area contributed by atoms with Gasteiger partial charge in [0.05, 0.1) is 29.2 Å². The van der Waals surface area contributed by atoms with E-state index in [2.05, 4.69) is 5.32 Å². The first kappa shape index (κ1) is 23.9. The lowest BCUT2D eigenvalue weighted by Crippen LogP contribution is -2.37. The summed E-state index contributed by atoms with van der Waals surface area (Å²) < 4.78 is 17.1. The zero-order chi connectivity index (χ0) is 25.5. The van der Waals surface area contributed by atoms with Crippen LogP contribution in [0.2, 0.25) is 0 Å². The number of hydrogen-bond donors (Lipinski definition) is 1. The average molecular weight is 518 g/mol. The van der Waals surface area contributed by atoms with E-state index >= 15 is 0 Å². The monoisotopic (exact) mass is 517 g/mol. The van der Waals surface area contributed by atoms with E-state index in [4.69, 9.17) is 13.9 Å². The molecule has 190 valence electrons. The lowest BCUT2D eigenvalue weighted by atomic mass is 9.73. The van der Waals surface area contributed by atoms with Gasteiger partial charge in [-0.2, -0.15) is 0 Å². The van der Waals surface area contributed by atoms with Gasteiger partial charge >= 0.3 is 5.97 Å². The highest BCUT2D eigenvalue weighted by molar-refractivity contribution is 7.10. The van der Waals surface area contributed by atoms with Crippen LogP contribution < -0.4 is 10.7 Å². The third-order valence-electron chi connectivity index (χ3n) is 7.44. The molecule has 0 spiro atoms. The molecule has 2 aliphatic heterocycles. The Morgan fingerprint density at radius 2 is 2.03 bits per heavy atom. The number of esters is 1. The number of benzene rings is 1. The van der Waals surface area contributed by atoms with E-state index in [1.54, 1.807) is 42.5 Å². The van der Waals surface area contributed by atoms with E-state index in [1.807, 2.05) is 17.5 Å². The molecule has 4 heterocycles. The van der Waals surface area contributed by atoms with Crippen LogP contribution in [-0.2, 0) is 19.1 Å². The Kier molecular flexibility index (Phi) is 6.30. The topological polar surface area (TPSA) is 94.8 Å².